The quantitative estimate of drug-likeness (QED) is 0.277. The molecule has 2 heterocycles. The Morgan fingerprint density at radius 3 is 3.00 bits per heavy atom. The second-order valence-electron chi connectivity index (χ2n) is 5.55. The molecule has 0 aliphatic rings. The van der Waals surface area contributed by atoms with Gasteiger partial charge in [-0.05, 0) is 12.5 Å². The van der Waals surface area contributed by atoms with E-state index in [-0.39, 0.29) is 12.2 Å². The number of methoxy groups -OCH3 is 1. The highest BCUT2D eigenvalue weighted by molar-refractivity contribution is 7.17. The van der Waals surface area contributed by atoms with Gasteiger partial charge >= 0.3 is 5.97 Å². The van der Waals surface area contributed by atoms with Gasteiger partial charge in [0.1, 0.15) is 18.5 Å². The van der Waals surface area contributed by atoms with Gasteiger partial charge in [-0.2, -0.15) is 5.10 Å². The van der Waals surface area contributed by atoms with Crippen LogP contribution in [0.5, 0.6) is 0 Å². The van der Waals surface area contributed by atoms with Crippen molar-refractivity contribution in [3.63, 3.8) is 0 Å². The number of hydrogen-bond acceptors (Lipinski definition) is 7. The van der Waals surface area contributed by atoms with E-state index in [0.29, 0.717) is 17.5 Å². The number of aryl methyl sites for hydroxylation is 1. The van der Waals surface area contributed by atoms with E-state index in [9.17, 15) is 9.90 Å². The van der Waals surface area contributed by atoms with Gasteiger partial charge in [0.2, 0.25) is 4.96 Å². The predicted octanol–water partition coefficient (Wildman–Crippen LogP) is 2.92. The molecule has 0 aliphatic carbocycles. The molecular weight excluding hydrogens is 368 g/mol. The molecule has 8 nitrogen and oxygen atoms in total. The smallest absolute Gasteiger partial charge is 0.339 e. The average Bonchev–Trinajstić information content (AvgIpc) is 3.21. The fraction of sp³-hybridized carbons (Fsp3) is 0.222. The lowest BCUT2D eigenvalue weighted by Crippen LogP contribution is -2.04. The van der Waals surface area contributed by atoms with E-state index in [1.54, 1.807) is 40.3 Å². The Kier molecular flexibility index (Phi) is 5.82. The normalized spacial score (nSPS) is 12.0. The van der Waals surface area contributed by atoms with Crippen molar-refractivity contribution >= 4 is 34.1 Å². The maximum Gasteiger partial charge on any atom is 0.339 e. The van der Waals surface area contributed by atoms with Gasteiger partial charge in [-0.15, -0.1) is 0 Å². The maximum atomic E-state index is 11.4. The Morgan fingerprint density at radius 1 is 1.41 bits per heavy atom. The second-order valence-corrected chi connectivity index (χ2v) is 6.74. The SMILES string of the molecule is COC=C(C(=O)O)c1ccccc1CON=CCc1c(C)sc2ncnn12. The molecule has 140 valence electrons. The van der Waals surface area contributed by atoms with Crippen molar-refractivity contribution in [3.8, 4) is 0 Å². The van der Waals surface area contributed by atoms with Crippen LogP contribution in [0.2, 0.25) is 0 Å². The van der Waals surface area contributed by atoms with Crippen LogP contribution in [-0.2, 0) is 27.4 Å². The number of oxime groups is 1. The van der Waals surface area contributed by atoms with E-state index in [4.69, 9.17) is 9.57 Å². The topological polar surface area (TPSA) is 98.3 Å². The molecule has 1 aromatic carbocycles. The number of carboxylic acids is 1. The summed E-state index contributed by atoms with van der Waals surface area (Å²) in [5.74, 6) is -1.07. The Hall–Kier alpha value is -3.20. The van der Waals surface area contributed by atoms with Gasteiger partial charge in [-0.25, -0.2) is 14.3 Å². The van der Waals surface area contributed by atoms with Crippen LogP contribution in [-0.4, -0.2) is 39.0 Å². The van der Waals surface area contributed by atoms with E-state index in [1.807, 2.05) is 13.0 Å². The Bertz CT molecular complexity index is 1010. The lowest BCUT2D eigenvalue weighted by Gasteiger charge is -2.09. The first kappa shape index (κ1) is 18.6. The zero-order valence-corrected chi connectivity index (χ0v) is 15.6. The van der Waals surface area contributed by atoms with E-state index < -0.39 is 5.97 Å². The molecule has 0 aliphatic heterocycles. The van der Waals surface area contributed by atoms with Gasteiger partial charge in [0.15, 0.2) is 0 Å². The minimum Gasteiger partial charge on any atom is -0.503 e. The van der Waals surface area contributed by atoms with Gasteiger partial charge in [0.25, 0.3) is 0 Å². The number of aliphatic carboxylic acids is 1. The number of aromatic nitrogens is 3. The fourth-order valence-corrected chi connectivity index (χ4v) is 3.51. The number of ether oxygens (including phenoxy) is 1. The minimum atomic E-state index is -1.07. The second kappa shape index (κ2) is 8.45. The Balaban J connectivity index is 1.66. The zero-order valence-electron chi connectivity index (χ0n) is 14.8. The lowest BCUT2D eigenvalue weighted by molar-refractivity contribution is -0.130. The summed E-state index contributed by atoms with van der Waals surface area (Å²) in [5.41, 5.74) is 2.30. The standard InChI is InChI=1S/C18H18N4O4S/c1-12-16(22-18(27-12)19-11-20-22)7-8-21-26-9-13-5-3-4-6-14(13)15(10-25-2)17(23)24/h3-6,8,10-11H,7,9H2,1-2H3,(H,23,24). The molecule has 0 saturated heterocycles. The number of hydrogen-bond donors (Lipinski definition) is 1. The number of carboxylic acid groups (broad SMARTS) is 1. The van der Waals surface area contributed by atoms with E-state index in [2.05, 4.69) is 15.2 Å². The molecule has 3 rings (SSSR count). The summed E-state index contributed by atoms with van der Waals surface area (Å²) in [4.78, 5) is 22.9. The van der Waals surface area contributed by atoms with Crippen molar-refractivity contribution in [2.24, 2.45) is 5.16 Å². The van der Waals surface area contributed by atoms with Crippen LogP contribution in [0.25, 0.3) is 10.5 Å². The van der Waals surface area contributed by atoms with Crippen molar-refractivity contribution in [2.75, 3.05) is 7.11 Å². The highest BCUT2D eigenvalue weighted by atomic mass is 32.1. The number of nitrogens with zero attached hydrogens (tertiary/aromatic N) is 4. The molecule has 0 saturated carbocycles. The third kappa shape index (κ3) is 4.14. The summed E-state index contributed by atoms with van der Waals surface area (Å²) < 4.78 is 6.66. The number of carbonyl (C=O) groups is 1. The molecule has 0 unspecified atom stereocenters. The molecule has 0 radical (unpaired) electrons. The van der Waals surface area contributed by atoms with Crippen molar-refractivity contribution < 1.29 is 19.5 Å². The van der Waals surface area contributed by atoms with E-state index in [0.717, 1.165) is 15.5 Å². The van der Waals surface area contributed by atoms with Gasteiger partial charge in [0, 0.05) is 23.1 Å². The number of benzene rings is 1. The molecule has 0 fully saturated rings. The average molecular weight is 386 g/mol. The Morgan fingerprint density at radius 2 is 2.22 bits per heavy atom. The summed E-state index contributed by atoms with van der Waals surface area (Å²) in [6, 6.07) is 7.07. The summed E-state index contributed by atoms with van der Waals surface area (Å²) >= 11 is 1.57. The van der Waals surface area contributed by atoms with Crippen molar-refractivity contribution in [1.29, 1.82) is 0 Å². The predicted molar refractivity (Wildman–Crippen MR) is 102 cm³/mol. The number of rotatable bonds is 8. The molecule has 0 spiro atoms. The third-order valence-electron chi connectivity index (χ3n) is 3.85. The molecular formula is C18H18N4O4S. The number of thiazole rings is 1. The van der Waals surface area contributed by atoms with E-state index >= 15 is 0 Å². The van der Waals surface area contributed by atoms with Gasteiger partial charge in [-0.3, -0.25) is 0 Å². The van der Waals surface area contributed by atoms with Crippen molar-refractivity contribution in [2.45, 2.75) is 20.0 Å². The third-order valence-corrected chi connectivity index (χ3v) is 4.85. The van der Waals surface area contributed by atoms with Crippen LogP contribution in [0.15, 0.2) is 42.0 Å². The highest BCUT2D eigenvalue weighted by Crippen LogP contribution is 2.21. The van der Waals surface area contributed by atoms with Crippen LogP contribution in [0, 0.1) is 6.92 Å². The molecule has 0 bridgehead atoms. The van der Waals surface area contributed by atoms with Crippen molar-refractivity contribution in [3.05, 3.63) is 58.6 Å². The summed E-state index contributed by atoms with van der Waals surface area (Å²) in [6.45, 7) is 2.15. The summed E-state index contributed by atoms with van der Waals surface area (Å²) in [6.07, 6.45) is 4.93. The van der Waals surface area contributed by atoms with Crippen molar-refractivity contribution in [1.82, 2.24) is 14.6 Å². The molecule has 0 amide bonds. The molecule has 27 heavy (non-hydrogen) atoms. The van der Waals surface area contributed by atoms with Crippen LogP contribution in [0.4, 0.5) is 0 Å². The van der Waals surface area contributed by atoms with Crippen LogP contribution >= 0.6 is 11.3 Å². The van der Waals surface area contributed by atoms with Gasteiger partial charge in [0.05, 0.1) is 19.1 Å². The van der Waals surface area contributed by atoms with Crippen LogP contribution in [0.1, 0.15) is 21.7 Å². The maximum absolute atomic E-state index is 11.4. The minimum absolute atomic E-state index is 0.0585. The fourth-order valence-electron chi connectivity index (χ4n) is 2.60. The first-order chi connectivity index (χ1) is 13.1. The highest BCUT2D eigenvalue weighted by Gasteiger charge is 2.15. The summed E-state index contributed by atoms with van der Waals surface area (Å²) in [5, 5.41) is 17.5. The van der Waals surface area contributed by atoms with Gasteiger partial charge in [-0.1, -0.05) is 40.8 Å². The Labute approximate surface area is 159 Å². The van der Waals surface area contributed by atoms with E-state index in [1.165, 1.54) is 19.7 Å². The largest absolute Gasteiger partial charge is 0.503 e. The molecule has 0 atom stereocenters. The molecule has 3 aromatic rings. The zero-order chi connectivity index (χ0) is 19.2. The monoisotopic (exact) mass is 386 g/mol. The molecule has 2 aromatic heterocycles. The molecule has 1 N–H and O–H groups in total. The lowest BCUT2D eigenvalue weighted by atomic mass is 10.0. The summed E-state index contributed by atoms with van der Waals surface area (Å²) in [7, 11) is 1.41. The van der Waals surface area contributed by atoms with Crippen LogP contribution < -0.4 is 0 Å². The van der Waals surface area contributed by atoms with Crippen LogP contribution in [0.3, 0.4) is 0 Å². The first-order valence-corrected chi connectivity index (χ1v) is 8.89. The van der Waals surface area contributed by atoms with Gasteiger partial charge < -0.3 is 14.7 Å². The first-order valence-electron chi connectivity index (χ1n) is 8.08. The number of fused-ring (bicyclic) bond motifs is 1. The molecule has 9 heteroatoms.